The third-order valence-corrected chi connectivity index (χ3v) is 3.71. The van der Waals surface area contributed by atoms with Crippen molar-refractivity contribution in [1.29, 1.82) is 0 Å². The molecule has 0 aliphatic carbocycles. The number of aliphatic carboxylic acids is 1. The maximum Gasteiger partial charge on any atom is 0.326 e. The zero-order valence-electron chi connectivity index (χ0n) is 13.2. The SMILES string of the molecule is CCCCN(c1ccc(C)cc1)[C@@H](CCCCN)C(=O)O. The van der Waals surface area contributed by atoms with Crippen LogP contribution in [0.4, 0.5) is 5.69 Å². The third-order valence-electron chi connectivity index (χ3n) is 3.71. The van der Waals surface area contributed by atoms with Gasteiger partial charge in [0.15, 0.2) is 0 Å². The Morgan fingerprint density at radius 3 is 2.43 bits per heavy atom. The Bertz CT molecular complexity index is 417. The maximum absolute atomic E-state index is 11.7. The molecule has 1 aromatic carbocycles. The molecule has 3 N–H and O–H groups in total. The number of aryl methyl sites for hydroxylation is 1. The zero-order chi connectivity index (χ0) is 15.7. The van der Waals surface area contributed by atoms with Gasteiger partial charge in [-0.1, -0.05) is 31.0 Å². The number of anilines is 1. The van der Waals surface area contributed by atoms with Crippen LogP contribution in [0.3, 0.4) is 0 Å². The highest BCUT2D eigenvalue weighted by Crippen LogP contribution is 2.21. The van der Waals surface area contributed by atoms with Crippen molar-refractivity contribution in [3.8, 4) is 0 Å². The van der Waals surface area contributed by atoms with Crippen LogP contribution >= 0.6 is 0 Å². The molecule has 0 aliphatic rings. The minimum Gasteiger partial charge on any atom is -0.480 e. The molecule has 21 heavy (non-hydrogen) atoms. The van der Waals surface area contributed by atoms with Gasteiger partial charge in [0.1, 0.15) is 6.04 Å². The molecule has 4 heteroatoms. The first-order valence-corrected chi connectivity index (χ1v) is 7.86. The predicted molar refractivity (Wildman–Crippen MR) is 87.8 cm³/mol. The highest BCUT2D eigenvalue weighted by molar-refractivity contribution is 5.78. The van der Waals surface area contributed by atoms with Crippen LogP contribution in [0.25, 0.3) is 0 Å². The monoisotopic (exact) mass is 292 g/mol. The summed E-state index contributed by atoms with van der Waals surface area (Å²) in [6.45, 7) is 5.55. The van der Waals surface area contributed by atoms with E-state index in [0.29, 0.717) is 13.0 Å². The van der Waals surface area contributed by atoms with Crippen LogP contribution in [0.1, 0.15) is 44.6 Å². The van der Waals surface area contributed by atoms with E-state index < -0.39 is 12.0 Å². The molecular weight excluding hydrogens is 264 g/mol. The molecular formula is C17H28N2O2. The zero-order valence-corrected chi connectivity index (χ0v) is 13.2. The molecule has 0 unspecified atom stereocenters. The molecule has 118 valence electrons. The smallest absolute Gasteiger partial charge is 0.326 e. The lowest BCUT2D eigenvalue weighted by molar-refractivity contribution is -0.138. The number of nitrogens with zero attached hydrogens (tertiary/aromatic N) is 1. The second kappa shape index (κ2) is 9.40. The van der Waals surface area contributed by atoms with Crippen molar-refractivity contribution in [2.45, 2.75) is 52.0 Å². The lowest BCUT2D eigenvalue weighted by Crippen LogP contribution is -2.42. The standard InChI is InChI=1S/C17H28N2O2/c1-3-4-13-19(15-10-8-14(2)9-11-15)16(17(20)21)7-5-6-12-18/h8-11,16H,3-7,12-13,18H2,1-2H3,(H,20,21)/t16-/m0/s1. The lowest BCUT2D eigenvalue weighted by Gasteiger charge is -2.31. The summed E-state index contributed by atoms with van der Waals surface area (Å²) in [5, 5.41) is 9.59. The lowest BCUT2D eigenvalue weighted by atomic mass is 10.1. The summed E-state index contributed by atoms with van der Waals surface area (Å²) in [4.78, 5) is 13.7. The van der Waals surface area contributed by atoms with Crippen LogP contribution in [0, 0.1) is 6.92 Å². The van der Waals surface area contributed by atoms with Gasteiger partial charge in [-0.2, -0.15) is 0 Å². The van der Waals surface area contributed by atoms with Gasteiger partial charge in [0.05, 0.1) is 0 Å². The van der Waals surface area contributed by atoms with E-state index in [0.717, 1.165) is 37.9 Å². The molecule has 0 amide bonds. The minimum atomic E-state index is -0.747. The fourth-order valence-corrected chi connectivity index (χ4v) is 2.42. The highest BCUT2D eigenvalue weighted by atomic mass is 16.4. The van der Waals surface area contributed by atoms with E-state index in [1.165, 1.54) is 5.56 Å². The van der Waals surface area contributed by atoms with Gasteiger partial charge in [0, 0.05) is 12.2 Å². The van der Waals surface area contributed by atoms with Gasteiger partial charge in [-0.3, -0.25) is 0 Å². The molecule has 0 heterocycles. The van der Waals surface area contributed by atoms with Crippen molar-refractivity contribution in [3.63, 3.8) is 0 Å². The molecule has 1 aromatic rings. The van der Waals surface area contributed by atoms with E-state index in [4.69, 9.17) is 5.73 Å². The van der Waals surface area contributed by atoms with Crippen LogP contribution in [0.5, 0.6) is 0 Å². The Kier molecular flexibility index (Phi) is 7.83. The number of carbonyl (C=O) groups is 1. The van der Waals surface area contributed by atoms with Crippen molar-refractivity contribution in [2.75, 3.05) is 18.0 Å². The van der Waals surface area contributed by atoms with Gasteiger partial charge in [-0.05, 0) is 51.3 Å². The number of rotatable bonds is 10. The molecule has 0 fully saturated rings. The average molecular weight is 292 g/mol. The van der Waals surface area contributed by atoms with Gasteiger partial charge < -0.3 is 15.7 Å². The summed E-state index contributed by atoms with van der Waals surface area (Å²) in [7, 11) is 0. The molecule has 0 saturated heterocycles. The van der Waals surface area contributed by atoms with Crippen LogP contribution in [0.2, 0.25) is 0 Å². The molecule has 0 spiro atoms. The number of nitrogens with two attached hydrogens (primary N) is 1. The largest absolute Gasteiger partial charge is 0.480 e. The molecule has 0 aliphatic heterocycles. The number of benzene rings is 1. The first-order valence-electron chi connectivity index (χ1n) is 7.86. The summed E-state index contributed by atoms with van der Waals surface area (Å²) < 4.78 is 0. The maximum atomic E-state index is 11.7. The van der Waals surface area contributed by atoms with Crippen molar-refractivity contribution in [2.24, 2.45) is 5.73 Å². The van der Waals surface area contributed by atoms with E-state index in [1.807, 2.05) is 36.1 Å². The summed E-state index contributed by atoms with van der Waals surface area (Å²) in [5.41, 5.74) is 7.69. The summed E-state index contributed by atoms with van der Waals surface area (Å²) >= 11 is 0. The quantitative estimate of drug-likeness (QED) is 0.650. The number of carboxylic acid groups (broad SMARTS) is 1. The third kappa shape index (κ3) is 5.76. The van der Waals surface area contributed by atoms with Crippen molar-refractivity contribution in [1.82, 2.24) is 0 Å². The Morgan fingerprint density at radius 2 is 1.90 bits per heavy atom. The van der Waals surface area contributed by atoms with Crippen LogP contribution in [-0.4, -0.2) is 30.2 Å². The topological polar surface area (TPSA) is 66.6 Å². The van der Waals surface area contributed by atoms with Crippen molar-refractivity contribution in [3.05, 3.63) is 29.8 Å². The van der Waals surface area contributed by atoms with E-state index in [9.17, 15) is 9.90 Å². The Morgan fingerprint density at radius 1 is 1.24 bits per heavy atom. The molecule has 1 atom stereocenters. The fourth-order valence-electron chi connectivity index (χ4n) is 2.42. The van der Waals surface area contributed by atoms with Gasteiger partial charge in [0.25, 0.3) is 0 Å². The van der Waals surface area contributed by atoms with Gasteiger partial charge >= 0.3 is 5.97 Å². The van der Waals surface area contributed by atoms with Gasteiger partial charge in [-0.15, -0.1) is 0 Å². The number of hydrogen-bond donors (Lipinski definition) is 2. The van der Waals surface area contributed by atoms with Crippen LogP contribution in [0.15, 0.2) is 24.3 Å². The molecule has 0 radical (unpaired) electrons. The van der Waals surface area contributed by atoms with Crippen LogP contribution in [-0.2, 0) is 4.79 Å². The summed E-state index contributed by atoms with van der Waals surface area (Å²) in [6, 6.07) is 7.64. The van der Waals surface area contributed by atoms with Gasteiger partial charge in [-0.25, -0.2) is 4.79 Å². The molecule has 0 bridgehead atoms. The average Bonchev–Trinajstić information content (AvgIpc) is 2.47. The summed E-state index contributed by atoms with van der Waals surface area (Å²) in [5.74, 6) is -0.747. The van der Waals surface area contributed by atoms with E-state index >= 15 is 0 Å². The number of hydrogen-bond acceptors (Lipinski definition) is 3. The van der Waals surface area contributed by atoms with E-state index in [-0.39, 0.29) is 0 Å². The van der Waals surface area contributed by atoms with Crippen molar-refractivity contribution < 1.29 is 9.90 Å². The van der Waals surface area contributed by atoms with Crippen molar-refractivity contribution >= 4 is 11.7 Å². The first kappa shape index (κ1) is 17.5. The van der Waals surface area contributed by atoms with Crippen LogP contribution < -0.4 is 10.6 Å². The minimum absolute atomic E-state index is 0.467. The fraction of sp³-hybridized carbons (Fsp3) is 0.588. The molecule has 0 saturated carbocycles. The highest BCUT2D eigenvalue weighted by Gasteiger charge is 2.24. The second-order valence-corrected chi connectivity index (χ2v) is 5.52. The van der Waals surface area contributed by atoms with Gasteiger partial charge in [0.2, 0.25) is 0 Å². The normalized spacial score (nSPS) is 12.1. The Balaban J connectivity index is 2.90. The Labute approximate surface area is 128 Å². The molecule has 4 nitrogen and oxygen atoms in total. The van der Waals surface area contributed by atoms with E-state index in [1.54, 1.807) is 0 Å². The molecule has 0 aromatic heterocycles. The molecule has 1 rings (SSSR count). The first-order chi connectivity index (χ1) is 10.1. The Hall–Kier alpha value is -1.55. The summed E-state index contributed by atoms with van der Waals surface area (Å²) in [6.07, 6.45) is 4.41. The second-order valence-electron chi connectivity index (χ2n) is 5.52. The number of carboxylic acids is 1. The van der Waals surface area contributed by atoms with E-state index in [2.05, 4.69) is 6.92 Å². The predicted octanol–water partition coefficient (Wildman–Crippen LogP) is 3.18. The number of unbranched alkanes of at least 4 members (excludes halogenated alkanes) is 2.